The largest absolute Gasteiger partial charge is 0.493 e. The maximum atomic E-state index is 13.2. The molecule has 0 amide bonds. The fourth-order valence-corrected chi connectivity index (χ4v) is 3.78. The van der Waals surface area contributed by atoms with Gasteiger partial charge in [-0.3, -0.25) is 0 Å². The van der Waals surface area contributed by atoms with Gasteiger partial charge in [0.15, 0.2) is 28.7 Å². The van der Waals surface area contributed by atoms with Gasteiger partial charge in [-0.05, 0) is 35.9 Å². The summed E-state index contributed by atoms with van der Waals surface area (Å²) in [5, 5.41) is 11.9. The van der Waals surface area contributed by atoms with Crippen LogP contribution in [-0.2, 0) is 11.3 Å². The molecular weight excluding hydrogens is 453 g/mol. The summed E-state index contributed by atoms with van der Waals surface area (Å²) in [5.41, 5.74) is 2.53. The van der Waals surface area contributed by atoms with Crippen molar-refractivity contribution in [2.24, 2.45) is 0 Å². The van der Waals surface area contributed by atoms with Gasteiger partial charge in [-0.25, -0.2) is 9.37 Å². The van der Waals surface area contributed by atoms with Gasteiger partial charge in [-0.1, -0.05) is 12.1 Å². The first-order chi connectivity index (χ1) is 17.1. The Morgan fingerprint density at radius 3 is 2.46 bits per heavy atom. The van der Waals surface area contributed by atoms with E-state index in [0.717, 1.165) is 11.1 Å². The molecule has 1 saturated heterocycles. The van der Waals surface area contributed by atoms with E-state index in [4.69, 9.17) is 24.2 Å². The number of benzene rings is 2. The number of nitrogens with zero attached hydrogens (tertiary/aromatic N) is 6. The molecule has 2 aromatic carbocycles. The van der Waals surface area contributed by atoms with Crippen LogP contribution in [0.4, 0.5) is 16.2 Å². The summed E-state index contributed by atoms with van der Waals surface area (Å²) in [6, 6.07) is 11.7. The third-order valence-electron chi connectivity index (χ3n) is 5.62. The lowest BCUT2D eigenvalue weighted by atomic mass is 10.2. The highest BCUT2D eigenvalue weighted by molar-refractivity contribution is 5.85. The molecule has 1 N–H and O–H groups in total. The molecule has 180 valence electrons. The van der Waals surface area contributed by atoms with Gasteiger partial charge in [0, 0.05) is 25.2 Å². The molecule has 10 nitrogen and oxygen atoms in total. The smallest absolute Gasteiger partial charge is 0.227 e. The Labute approximate surface area is 201 Å². The van der Waals surface area contributed by atoms with Gasteiger partial charge in [0.25, 0.3) is 0 Å². The van der Waals surface area contributed by atoms with Gasteiger partial charge in [-0.2, -0.15) is 9.97 Å². The van der Waals surface area contributed by atoms with Gasteiger partial charge >= 0.3 is 0 Å². The number of fused-ring (bicyclic) bond motifs is 1. The standard InChI is InChI=1S/C24H24FN7O3/c1-33-18-8-5-16(13-19(18)34-2)21-27-20-22(31-30-21)28-24(26-14-15-3-6-17(25)7-4-15)29-23(20)32-9-11-35-12-10-32/h3-8,13H,9-12,14H2,1-2H3,(H,26,28,29,31). The minimum absolute atomic E-state index is 0.281. The van der Waals surface area contributed by atoms with Crippen molar-refractivity contribution in [2.45, 2.75) is 6.54 Å². The fourth-order valence-electron chi connectivity index (χ4n) is 3.78. The SMILES string of the molecule is COc1ccc(-c2nnc3nc(NCc4ccc(F)cc4)nc(N4CCOCC4)c3n2)cc1OC. The minimum Gasteiger partial charge on any atom is -0.493 e. The molecular formula is C24H24FN7O3. The lowest BCUT2D eigenvalue weighted by Gasteiger charge is -2.28. The number of rotatable bonds is 7. The molecule has 0 unspecified atom stereocenters. The lowest BCUT2D eigenvalue weighted by Crippen LogP contribution is -2.37. The summed E-state index contributed by atoms with van der Waals surface area (Å²) in [6.07, 6.45) is 0. The second-order valence-corrected chi connectivity index (χ2v) is 7.83. The first-order valence-corrected chi connectivity index (χ1v) is 11.1. The highest BCUT2D eigenvalue weighted by Crippen LogP contribution is 2.32. The van der Waals surface area contributed by atoms with E-state index in [1.807, 2.05) is 6.07 Å². The van der Waals surface area contributed by atoms with E-state index >= 15 is 0 Å². The first-order valence-electron chi connectivity index (χ1n) is 11.1. The summed E-state index contributed by atoms with van der Waals surface area (Å²) in [7, 11) is 3.16. The number of nitrogens with one attached hydrogen (secondary N) is 1. The number of methoxy groups -OCH3 is 2. The first kappa shape index (κ1) is 22.7. The van der Waals surface area contributed by atoms with Crippen molar-refractivity contribution >= 4 is 22.9 Å². The van der Waals surface area contributed by atoms with E-state index in [9.17, 15) is 4.39 Å². The Morgan fingerprint density at radius 2 is 1.71 bits per heavy atom. The molecule has 4 aromatic rings. The Morgan fingerprint density at radius 1 is 0.943 bits per heavy atom. The van der Waals surface area contributed by atoms with Crippen LogP contribution in [0.15, 0.2) is 42.5 Å². The Hall–Kier alpha value is -4.12. The van der Waals surface area contributed by atoms with Gasteiger partial charge < -0.3 is 24.4 Å². The monoisotopic (exact) mass is 477 g/mol. The number of halogens is 1. The second-order valence-electron chi connectivity index (χ2n) is 7.83. The van der Waals surface area contributed by atoms with Crippen molar-refractivity contribution in [1.82, 2.24) is 25.1 Å². The van der Waals surface area contributed by atoms with Crippen LogP contribution >= 0.6 is 0 Å². The molecule has 0 saturated carbocycles. The molecule has 1 aliphatic rings. The normalized spacial score (nSPS) is 13.6. The molecule has 1 fully saturated rings. The van der Waals surface area contributed by atoms with Gasteiger partial charge in [0.05, 0.1) is 27.4 Å². The molecule has 35 heavy (non-hydrogen) atoms. The fraction of sp³-hybridized carbons (Fsp3) is 0.292. The number of hydrogen-bond donors (Lipinski definition) is 1. The number of ether oxygens (including phenoxy) is 3. The van der Waals surface area contributed by atoms with Gasteiger partial charge in [-0.15, -0.1) is 10.2 Å². The van der Waals surface area contributed by atoms with Crippen molar-refractivity contribution < 1.29 is 18.6 Å². The number of morpholine rings is 1. The summed E-state index contributed by atoms with van der Waals surface area (Å²) in [5.74, 6) is 2.35. The molecule has 5 rings (SSSR count). The van der Waals surface area contributed by atoms with E-state index in [-0.39, 0.29) is 5.82 Å². The van der Waals surface area contributed by atoms with Crippen LogP contribution in [0, 0.1) is 5.82 Å². The van der Waals surface area contributed by atoms with E-state index in [1.54, 1.807) is 38.5 Å². The van der Waals surface area contributed by atoms with Gasteiger partial charge in [0.1, 0.15) is 5.82 Å². The van der Waals surface area contributed by atoms with Crippen molar-refractivity contribution in [1.29, 1.82) is 0 Å². The molecule has 0 radical (unpaired) electrons. The van der Waals surface area contributed by atoms with E-state index < -0.39 is 0 Å². The molecule has 0 spiro atoms. The summed E-state index contributed by atoms with van der Waals surface area (Å²) < 4.78 is 29.5. The minimum atomic E-state index is -0.281. The Bertz CT molecular complexity index is 1330. The summed E-state index contributed by atoms with van der Waals surface area (Å²) in [6.45, 7) is 2.94. The van der Waals surface area contributed by atoms with Crippen LogP contribution in [0.25, 0.3) is 22.6 Å². The van der Waals surface area contributed by atoms with Crippen LogP contribution in [0.2, 0.25) is 0 Å². The molecule has 1 aliphatic heterocycles. The number of anilines is 2. The maximum Gasteiger partial charge on any atom is 0.227 e. The topological polar surface area (TPSA) is 107 Å². The summed E-state index contributed by atoms with van der Waals surface area (Å²) in [4.78, 5) is 16.2. The van der Waals surface area contributed by atoms with Crippen LogP contribution in [0.5, 0.6) is 11.5 Å². The highest BCUT2D eigenvalue weighted by Gasteiger charge is 2.21. The van der Waals surface area contributed by atoms with E-state index in [2.05, 4.69) is 25.4 Å². The van der Waals surface area contributed by atoms with E-state index in [0.29, 0.717) is 73.1 Å². The predicted octanol–water partition coefficient (Wildman–Crippen LogP) is 3.09. The molecule has 0 aliphatic carbocycles. The Kier molecular flexibility index (Phi) is 6.49. The van der Waals surface area contributed by atoms with Crippen molar-refractivity contribution in [3.63, 3.8) is 0 Å². The third kappa shape index (κ3) is 4.90. The molecule has 2 aromatic heterocycles. The van der Waals surface area contributed by atoms with Crippen molar-refractivity contribution in [3.8, 4) is 22.9 Å². The van der Waals surface area contributed by atoms with Crippen LogP contribution in [-0.4, -0.2) is 65.7 Å². The van der Waals surface area contributed by atoms with Crippen LogP contribution in [0.1, 0.15) is 5.56 Å². The van der Waals surface area contributed by atoms with E-state index in [1.165, 1.54) is 12.1 Å². The average molecular weight is 478 g/mol. The quantitative estimate of drug-likeness (QED) is 0.427. The Balaban J connectivity index is 1.53. The maximum absolute atomic E-state index is 13.2. The van der Waals surface area contributed by atoms with Gasteiger partial charge in [0.2, 0.25) is 11.6 Å². The highest BCUT2D eigenvalue weighted by atomic mass is 19.1. The molecule has 11 heteroatoms. The summed E-state index contributed by atoms with van der Waals surface area (Å²) >= 11 is 0. The average Bonchev–Trinajstić information content (AvgIpc) is 2.92. The van der Waals surface area contributed by atoms with Crippen molar-refractivity contribution in [3.05, 3.63) is 53.8 Å². The predicted molar refractivity (Wildman–Crippen MR) is 128 cm³/mol. The molecule has 3 heterocycles. The molecule has 0 atom stereocenters. The number of hydrogen-bond acceptors (Lipinski definition) is 10. The van der Waals surface area contributed by atoms with Crippen LogP contribution < -0.4 is 19.7 Å². The zero-order valence-electron chi connectivity index (χ0n) is 19.4. The van der Waals surface area contributed by atoms with Crippen molar-refractivity contribution in [2.75, 3.05) is 50.7 Å². The molecule has 0 bridgehead atoms. The second kappa shape index (κ2) is 10.0. The van der Waals surface area contributed by atoms with Crippen LogP contribution in [0.3, 0.4) is 0 Å². The third-order valence-corrected chi connectivity index (χ3v) is 5.62. The zero-order chi connectivity index (χ0) is 24.2. The lowest BCUT2D eigenvalue weighted by molar-refractivity contribution is 0.122. The number of aromatic nitrogens is 5. The zero-order valence-corrected chi connectivity index (χ0v) is 19.4.